The van der Waals surface area contributed by atoms with Gasteiger partial charge in [0.05, 0.1) is 0 Å². The minimum absolute atomic E-state index is 0.110. The lowest BCUT2D eigenvalue weighted by Gasteiger charge is -2.18. The zero-order chi connectivity index (χ0) is 10.7. The molecule has 0 unspecified atom stereocenters. The summed E-state index contributed by atoms with van der Waals surface area (Å²) >= 11 is 0. The van der Waals surface area contributed by atoms with Crippen LogP contribution in [0.15, 0.2) is 0 Å². The van der Waals surface area contributed by atoms with E-state index in [0.29, 0.717) is 0 Å². The van der Waals surface area contributed by atoms with Crippen LogP contribution in [0.5, 0.6) is 0 Å². The van der Waals surface area contributed by atoms with Gasteiger partial charge in [0.25, 0.3) is 0 Å². The second-order valence-electron chi connectivity index (χ2n) is 2.44. The van der Waals surface area contributed by atoms with Crippen LogP contribution in [0.4, 0.5) is 0 Å². The summed E-state index contributed by atoms with van der Waals surface area (Å²) in [6.07, 6.45) is -0.370. The van der Waals surface area contributed by atoms with Gasteiger partial charge in [-0.15, -0.1) is 0 Å². The average Bonchev–Trinajstić information content (AvgIpc) is 1.81. The predicted octanol–water partition coefficient (Wildman–Crippen LogP) is -0.296. The third kappa shape index (κ3) is 4.88. The van der Waals surface area contributed by atoms with Crippen molar-refractivity contribution < 1.29 is 33.4 Å². The van der Waals surface area contributed by atoms with E-state index >= 15 is 0 Å². The molecule has 0 amide bonds. The maximum absolute atomic E-state index is 10.6. The van der Waals surface area contributed by atoms with Crippen LogP contribution < -0.4 is 0 Å². The number of methoxy groups -OCH3 is 1. The summed E-state index contributed by atoms with van der Waals surface area (Å²) in [6, 6.07) is 0. The van der Waals surface area contributed by atoms with Crippen LogP contribution >= 0.6 is 15.2 Å². The van der Waals surface area contributed by atoms with Gasteiger partial charge in [0.1, 0.15) is 0 Å². The van der Waals surface area contributed by atoms with E-state index in [1.165, 1.54) is 7.11 Å². The SMILES string of the molecule is COCCC(P(=O)(O)O)P(=O)(O)O. The highest BCUT2D eigenvalue weighted by Crippen LogP contribution is 2.61. The quantitative estimate of drug-likeness (QED) is 0.481. The normalized spacial score (nSPS) is 13.7. The zero-order valence-electron chi connectivity index (χ0n) is 6.90. The summed E-state index contributed by atoms with van der Waals surface area (Å²) in [7, 11) is -8.27. The average molecular weight is 234 g/mol. The maximum atomic E-state index is 10.6. The minimum Gasteiger partial charge on any atom is -0.385 e. The summed E-state index contributed by atoms with van der Waals surface area (Å²) in [5, 5.41) is -1.96. The number of hydrogen-bond acceptors (Lipinski definition) is 3. The molecule has 0 bridgehead atoms. The first kappa shape index (κ1) is 13.3. The van der Waals surface area contributed by atoms with Crippen LogP contribution in [0, 0.1) is 0 Å². The van der Waals surface area contributed by atoms with Crippen LogP contribution in [-0.2, 0) is 13.9 Å². The molecule has 0 fully saturated rings. The maximum Gasteiger partial charge on any atom is 0.340 e. The Hall–Kier alpha value is 0.260. The Kier molecular flexibility index (Phi) is 4.76. The van der Waals surface area contributed by atoms with Crippen molar-refractivity contribution in [2.24, 2.45) is 0 Å². The first-order valence-corrected chi connectivity index (χ1v) is 6.65. The van der Waals surface area contributed by atoms with Crippen LogP contribution in [0.2, 0.25) is 0 Å². The Balaban J connectivity index is 4.59. The summed E-state index contributed by atoms with van der Waals surface area (Å²) in [6.45, 7) is -0.110. The van der Waals surface area contributed by atoms with Crippen molar-refractivity contribution in [3.63, 3.8) is 0 Å². The number of ether oxygens (including phenoxy) is 1. The molecule has 0 spiro atoms. The molecule has 0 aromatic carbocycles. The molecule has 0 aliphatic carbocycles. The highest BCUT2D eigenvalue weighted by Gasteiger charge is 2.42. The van der Waals surface area contributed by atoms with Gasteiger partial charge in [0.15, 0.2) is 5.40 Å². The largest absolute Gasteiger partial charge is 0.385 e. The van der Waals surface area contributed by atoms with Gasteiger partial charge in [-0.25, -0.2) is 0 Å². The summed E-state index contributed by atoms with van der Waals surface area (Å²) < 4.78 is 25.7. The van der Waals surface area contributed by atoms with Crippen LogP contribution in [0.3, 0.4) is 0 Å². The predicted molar refractivity (Wildman–Crippen MR) is 44.4 cm³/mol. The molecule has 0 rings (SSSR count). The van der Waals surface area contributed by atoms with Crippen LogP contribution in [0.1, 0.15) is 6.42 Å². The van der Waals surface area contributed by atoms with Crippen molar-refractivity contribution in [3.8, 4) is 0 Å². The lowest BCUT2D eigenvalue weighted by molar-refractivity contribution is 0.192. The van der Waals surface area contributed by atoms with Gasteiger partial charge in [-0.1, -0.05) is 0 Å². The van der Waals surface area contributed by atoms with E-state index in [4.69, 9.17) is 19.6 Å². The van der Waals surface area contributed by atoms with E-state index in [2.05, 4.69) is 4.74 Å². The molecule has 7 nitrogen and oxygen atoms in total. The van der Waals surface area contributed by atoms with Gasteiger partial charge < -0.3 is 24.3 Å². The standard InChI is InChI=1S/C4H12O7P2/c1-11-3-2-4(12(5,6)7)13(8,9)10/h4H,2-3H2,1H3,(H2,5,6,7)(H2,8,9,10). The molecule has 0 aromatic heterocycles. The van der Waals surface area contributed by atoms with Crippen molar-refractivity contribution in [1.82, 2.24) is 0 Å². The number of rotatable bonds is 5. The fourth-order valence-electron chi connectivity index (χ4n) is 0.756. The Morgan fingerprint density at radius 1 is 1.15 bits per heavy atom. The van der Waals surface area contributed by atoms with E-state index < -0.39 is 20.6 Å². The molecule has 13 heavy (non-hydrogen) atoms. The van der Waals surface area contributed by atoms with Crippen LogP contribution in [-0.4, -0.2) is 38.7 Å². The second-order valence-corrected chi connectivity index (χ2v) is 6.45. The highest BCUT2D eigenvalue weighted by molar-refractivity contribution is 7.70. The van der Waals surface area contributed by atoms with E-state index in [-0.39, 0.29) is 13.0 Å². The molecule has 0 saturated carbocycles. The van der Waals surface area contributed by atoms with Gasteiger partial charge in [-0.2, -0.15) is 0 Å². The molecule has 9 heteroatoms. The van der Waals surface area contributed by atoms with E-state index in [9.17, 15) is 9.13 Å². The molecule has 0 radical (unpaired) electrons. The van der Waals surface area contributed by atoms with Crippen LogP contribution in [0.25, 0.3) is 0 Å². The lowest BCUT2D eigenvalue weighted by Crippen LogP contribution is -2.11. The fraction of sp³-hybridized carbons (Fsp3) is 1.00. The van der Waals surface area contributed by atoms with Gasteiger partial charge in [0, 0.05) is 13.7 Å². The topological polar surface area (TPSA) is 124 Å². The van der Waals surface area contributed by atoms with Crippen molar-refractivity contribution in [2.75, 3.05) is 13.7 Å². The van der Waals surface area contributed by atoms with Gasteiger partial charge >= 0.3 is 15.2 Å². The third-order valence-electron chi connectivity index (χ3n) is 1.36. The summed E-state index contributed by atoms with van der Waals surface area (Å²) in [5.74, 6) is 0. The van der Waals surface area contributed by atoms with Crippen molar-refractivity contribution in [2.45, 2.75) is 11.8 Å². The molecule has 0 aromatic rings. The molecule has 0 heterocycles. The van der Waals surface area contributed by atoms with E-state index in [1.54, 1.807) is 0 Å². The Morgan fingerprint density at radius 2 is 1.54 bits per heavy atom. The Bertz CT molecular complexity index is 217. The van der Waals surface area contributed by atoms with E-state index in [0.717, 1.165) is 0 Å². The molecule has 0 aliphatic heterocycles. The molecule has 80 valence electrons. The molecule has 4 N–H and O–H groups in total. The minimum atomic E-state index is -4.77. The number of hydrogen-bond donors (Lipinski definition) is 4. The van der Waals surface area contributed by atoms with Crippen molar-refractivity contribution in [1.29, 1.82) is 0 Å². The highest BCUT2D eigenvalue weighted by atomic mass is 31.2. The second kappa shape index (κ2) is 4.66. The first-order valence-electron chi connectivity index (χ1n) is 3.29. The van der Waals surface area contributed by atoms with Gasteiger partial charge in [-0.3, -0.25) is 9.13 Å². The third-order valence-corrected chi connectivity index (χ3v) is 5.23. The fourth-order valence-corrected chi connectivity index (χ4v) is 3.21. The molecular weight excluding hydrogens is 222 g/mol. The Morgan fingerprint density at radius 3 is 1.77 bits per heavy atom. The van der Waals surface area contributed by atoms with E-state index in [1.807, 2.05) is 0 Å². The molecule has 0 aliphatic rings. The van der Waals surface area contributed by atoms with Gasteiger partial charge in [0.2, 0.25) is 0 Å². The lowest BCUT2D eigenvalue weighted by atomic mass is 10.5. The first-order chi connectivity index (χ1) is 5.69. The molecule has 0 atom stereocenters. The summed E-state index contributed by atoms with van der Waals surface area (Å²) in [4.78, 5) is 34.4. The molecular formula is C4H12O7P2. The Labute approximate surface area is 75.1 Å². The molecule has 0 saturated heterocycles. The summed E-state index contributed by atoms with van der Waals surface area (Å²) in [5.41, 5.74) is 0. The van der Waals surface area contributed by atoms with Crippen molar-refractivity contribution >= 4 is 15.2 Å². The monoisotopic (exact) mass is 234 g/mol. The zero-order valence-corrected chi connectivity index (χ0v) is 8.69. The smallest absolute Gasteiger partial charge is 0.340 e. The van der Waals surface area contributed by atoms with Gasteiger partial charge in [-0.05, 0) is 6.42 Å². The van der Waals surface area contributed by atoms with Crippen molar-refractivity contribution in [3.05, 3.63) is 0 Å².